The second-order valence-corrected chi connectivity index (χ2v) is 5.13. The van der Waals surface area contributed by atoms with Crippen LogP contribution in [0.15, 0.2) is 0 Å². The van der Waals surface area contributed by atoms with E-state index >= 15 is 0 Å². The zero-order chi connectivity index (χ0) is 12.0. The van der Waals surface area contributed by atoms with E-state index in [9.17, 15) is 4.79 Å². The Morgan fingerprint density at radius 2 is 2.12 bits per heavy atom. The van der Waals surface area contributed by atoms with Crippen LogP contribution in [0.5, 0.6) is 0 Å². The SMILES string of the molecule is CCCCCC1CCNC(C(=O)N(C)C)C1. The molecule has 16 heavy (non-hydrogen) atoms. The predicted octanol–water partition coefficient (Wildman–Crippen LogP) is 2.02. The summed E-state index contributed by atoms with van der Waals surface area (Å²) in [4.78, 5) is 13.5. The zero-order valence-corrected chi connectivity index (χ0v) is 11.0. The lowest BCUT2D eigenvalue weighted by Crippen LogP contribution is -2.48. The largest absolute Gasteiger partial charge is 0.347 e. The number of hydrogen-bond donors (Lipinski definition) is 1. The number of carbonyl (C=O) groups excluding carboxylic acids is 1. The average Bonchev–Trinajstić information content (AvgIpc) is 2.29. The second-order valence-electron chi connectivity index (χ2n) is 5.13. The van der Waals surface area contributed by atoms with Gasteiger partial charge in [0.25, 0.3) is 0 Å². The molecule has 3 heteroatoms. The van der Waals surface area contributed by atoms with Crippen molar-refractivity contribution in [1.29, 1.82) is 0 Å². The first-order valence-corrected chi connectivity index (χ1v) is 6.59. The predicted molar refractivity (Wildman–Crippen MR) is 67.4 cm³/mol. The molecule has 0 aromatic rings. The molecule has 3 nitrogen and oxygen atoms in total. The van der Waals surface area contributed by atoms with Crippen molar-refractivity contribution in [3.05, 3.63) is 0 Å². The van der Waals surface area contributed by atoms with E-state index in [0.717, 1.165) is 18.9 Å². The van der Waals surface area contributed by atoms with Gasteiger partial charge in [-0.25, -0.2) is 0 Å². The molecule has 2 unspecified atom stereocenters. The van der Waals surface area contributed by atoms with Crippen molar-refractivity contribution < 1.29 is 4.79 Å². The van der Waals surface area contributed by atoms with E-state index < -0.39 is 0 Å². The maximum Gasteiger partial charge on any atom is 0.239 e. The zero-order valence-electron chi connectivity index (χ0n) is 11.0. The van der Waals surface area contributed by atoms with Gasteiger partial charge in [0.15, 0.2) is 0 Å². The van der Waals surface area contributed by atoms with E-state index in [1.54, 1.807) is 4.90 Å². The van der Waals surface area contributed by atoms with E-state index in [0.29, 0.717) is 0 Å². The molecule has 1 N–H and O–H groups in total. The maximum absolute atomic E-state index is 11.8. The molecule has 1 rings (SSSR count). The molecular formula is C13H26N2O. The summed E-state index contributed by atoms with van der Waals surface area (Å²) < 4.78 is 0. The van der Waals surface area contributed by atoms with Crippen molar-refractivity contribution in [2.45, 2.75) is 51.5 Å². The summed E-state index contributed by atoms with van der Waals surface area (Å²) in [6, 6.07) is 0.0652. The van der Waals surface area contributed by atoms with Crippen LogP contribution in [0.2, 0.25) is 0 Å². The number of likely N-dealkylation sites (N-methyl/N-ethyl adjacent to an activating group) is 1. The lowest BCUT2D eigenvalue weighted by atomic mass is 9.87. The highest BCUT2D eigenvalue weighted by Gasteiger charge is 2.27. The Hall–Kier alpha value is -0.570. The first-order valence-electron chi connectivity index (χ1n) is 6.59. The van der Waals surface area contributed by atoms with Crippen molar-refractivity contribution in [1.82, 2.24) is 10.2 Å². The van der Waals surface area contributed by atoms with Crippen LogP contribution in [-0.2, 0) is 4.79 Å². The van der Waals surface area contributed by atoms with Crippen LogP contribution in [-0.4, -0.2) is 37.5 Å². The van der Waals surface area contributed by atoms with E-state index in [-0.39, 0.29) is 11.9 Å². The monoisotopic (exact) mass is 226 g/mol. The number of hydrogen-bond acceptors (Lipinski definition) is 2. The van der Waals surface area contributed by atoms with Gasteiger partial charge in [-0.15, -0.1) is 0 Å². The minimum absolute atomic E-state index is 0.0652. The van der Waals surface area contributed by atoms with Gasteiger partial charge in [0.05, 0.1) is 6.04 Å². The normalized spacial score (nSPS) is 25.4. The molecule has 0 aliphatic carbocycles. The smallest absolute Gasteiger partial charge is 0.239 e. The van der Waals surface area contributed by atoms with Gasteiger partial charge in [0.1, 0.15) is 0 Å². The molecule has 1 heterocycles. The molecule has 0 aromatic heterocycles. The summed E-state index contributed by atoms with van der Waals surface area (Å²) in [5.41, 5.74) is 0. The highest BCUT2D eigenvalue weighted by Crippen LogP contribution is 2.23. The van der Waals surface area contributed by atoms with E-state index in [4.69, 9.17) is 0 Å². The summed E-state index contributed by atoms with van der Waals surface area (Å²) in [6.45, 7) is 3.24. The summed E-state index contributed by atoms with van der Waals surface area (Å²) in [7, 11) is 3.68. The molecule has 1 aliphatic heterocycles. The molecule has 1 amide bonds. The first kappa shape index (κ1) is 13.5. The van der Waals surface area contributed by atoms with E-state index in [1.165, 1.54) is 32.1 Å². The molecule has 0 spiro atoms. The van der Waals surface area contributed by atoms with Gasteiger partial charge in [-0.2, -0.15) is 0 Å². The van der Waals surface area contributed by atoms with Gasteiger partial charge in [-0.1, -0.05) is 32.6 Å². The molecule has 0 bridgehead atoms. The first-order chi connectivity index (χ1) is 7.65. The van der Waals surface area contributed by atoms with Gasteiger partial charge < -0.3 is 10.2 Å². The highest BCUT2D eigenvalue weighted by atomic mass is 16.2. The van der Waals surface area contributed by atoms with Gasteiger partial charge in [-0.05, 0) is 25.3 Å². The lowest BCUT2D eigenvalue weighted by molar-refractivity contribution is -0.131. The second kappa shape index (κ2) is 6.89. The maximum atomic E-state index is 11.8. The third-order valence-corrected chi connectivity index (χ3v) is 3.47. The van der Waals surface area contributed by atoms with Crippen molar-refractivity contribution in [3.63, 3.8) is 0 Å². The number of rotatable bonds is 5. The summed E-state index contributed by atoms with van der Waals surface area (Å²) in [5.74, 6) is 0.988. The Labute approximate surface area is 99.6 Å². The van der Waals surface area contributed by atoms with Crippen molar-refractivity contribution >= 4 is 5.91 Å². The molecular weight excluding hydrogens is 200 g/mol. The average molecular weight is 226 g/mol. The Morgan fingerprint density at radius 1 is 1.38 bits per heavy atom. The van der Waals surface area contributed by atoms with Crippen LogP contribution in [0, 0.1) is 5.92 Å². The standard InChI is InChI=1S/C13H26N2O/c1-4-5-6-7-11-8-9-14-12(10-11)13(16)15(2)3/h11-12,14H,4-10H2,1-3H3. The third kappa shape index (κ3) is 4.12. The fourth-order valence-corrected chi connectivity index (χ4v) is 2.44. The topological polar surface area (TPSA) is 32.3 Å². The lowest BCUT2D eigenvalue weighted by Gasteiger charge is -2.31. The Bertz CT molecular complexity index is 216. The molecule has 1 saturated heterocycles. The number of amides is 1. The minimum atomic E-state index is 0.0652. The highest BCUT2D eigenvalue weighted by molar-refractivity contribution is 5.81. The van der Waals surface area contributed by atoms with Gasteiger partial charge in [-0.3, -0.25) is 4.79 Å². The fraction of sp³-hybridized carbons (Fsp3) is 0.923. The van der Waals surface area contributed by atoms with Crippen LogP contribution in [0.4, 0.5) is 0 Å². The van der Waals surface area contributed by atoms with E-state index in [1.807, 2.05) is 14.1 Å². The molecule has 1 aliphatic rings. The summed E-state index contributed by atoms with van der Waals surface area (Å²) >= 11 is 0. The molecule has 0 aromatic carbocycles. The Balaban J connectivity index is 2.32. The van der Waals surface area contributed by atoms with Gasteiger partial charge >= 0.3 is 0 Å². The number of carbonyl (C=O) groups is 1. The molecule has 0 saturated carbocycles. The van der Waals surface area contributed by atoms with Crippen LogP contribution in [0.25, 0.3) is 0 Å². The van der Waals surface area contributed by atoms with Gasteiger partial charge in [0.2, 0.25) is 5.91 Å². The summed E-state index contributed by atoms with van der Waals surface area (Å²) in [5, 5.41) is 3.33. The number of nitrogens with zero attached hydrogens (tertiary/aromatic N) is 1. The van der Waals surface area contributed by atoms with Crippen LogP contribution in [0.3, 0.4) is 0 Å². The third-order valence-electron chi connectivity index (χ3n) is 3.47. The summed E-state index contributed by atoms with van der Waals surface area (Å²) in [6.07, 6.45) is 7.50. The van der Waals surface area contributed by atoms with Crippen LogP contribution < -0.4 is 5.32 Å². The van der Waals surface area contributed by atoms with Crippen molar-refractivity contribution in [2.24, 2.45) is 5.92 Å². The number of nitrogens with one attached hydrogen (secondary N) is 1. The fourth-order valence-electron chi connectivity index (χ4n) is 2.44. The van der Waals surface area contributed by atoms with Crippen molar-refractivity contribution in [3.8, 4) is 0 Å². The molecule has 0 radical (unpaired) electrons. The number of piperidine rings is 1. The van der Waals surface area contributed by atoms with Crippen molar-refractivity contribution in [2.75, 3.05) is 20.6 Å². The Kier molecular flexibility index (Phi) is 5.81. The molecule has 1 fully saturated rings. The van der Waals surface area contributed by atoms with E-state index in [2.05, 4.69) is 12.2 Å². The van der Waals surface area contributed by atoms with Gasteiger partial charge in [0, 0.05) is 14.1 Å². The molecule has 94 valence electrons. The van der Waals surface area contributed by atoms with Crippen LogP contribution >= 0.6 is 0 Å². The van der Waals surface area contributed by atoms with Crippen LogP contribution in [0.1, 0.15) is 45.4 Å². The molecule has 2 atom stereocenters. The Morgan fingerprint density at radius 3 is 2.75 bits per heavy atom. The minimum Gasteiger partial charge on any atom is -0.347 e. The number of unbranched alkanes of at least 4 members (excludes halogenated alkanes) is 2. The quantitative estimate of drug-likeness (QED) is 0.727.